The van der Waals surface area contributed by atoms with Gasteiger partial charge in [-0.15, -0.1) is 0 Å². The van der Waals surface area contributed by atoms with Gasteiger partial charge in [0.25, 0.3) is 0 Å². The second kappa shape index (κ2) is 9.47. The van der Waals surface area contributed by atoms with Crippen molar-refractivity contribution >= 4 is 28.6 Å². The molecule has 4 aromatic rings. The lowest BCUT2D eigenvalue weighted by Gasteiger charge is -2.28. The predicted octanol–water partition coefficient (Wildman–Crippen LogP) is 6.35. The Kier molecular flexibility index (Phi) is 6.75. The fraction of sp³-hybridized carbons (Fsp3) is 0.370. The van der Waals surface area contributed by atoms with Gasteiger partial charge in [0, 0.05) is 32.9 Å². The highest BCUT2D eigenvalue weighted by Gasteiger charge is 2.34. The van der Waals surface area contributed by atoms with Crippen LogP contribution in [0.25, 0.3) is 22.2 Å². The second-order valence-corrected chi connectivity index (χ2v) is 10.0. The largest absolute Gasteiger partial charge is 0.467 e. The van der Waals surface area contributed by atoms with Crippen molar-refractivity contribution in [1.82, 2.24) is 14.5 Å². The molecule has 3 aromatic heterocycles. The second-order valence-electron chi connectivity index (χ2n) is 9.60. The Balaban J connectivity index is 2.09. The highest BCUT2D eigenvalue weighted by molar-refractivity contribution is 6.30. The Hall–Kier alpha value is -3.16. The molecule has 7 nitrogen and oxygen atoms in total. The molecule has 4 rings (SSSR count). The number of methoxy groups -OCH3 is 1. The molecule has 0 saturated heterocycles. The first kappa shape index (κ1) is 24.9. The van der Waals surface area contributed by atoms with E-state index in [2.05, 4.69) is 23.4 Å². The lowest BCUT2D eigenvalue weighted by Crippen LogP contribution is -2.29. The van der Waals surface area contributed by atoms with E-state index in [4.69, 9.17) is 30.5 Å². The van der Waals surface area contributed by atoms with Crippen LogP contribution in [0.2, 0.25) is 5.02 Å². The lowest BCUT2D eigenvalue weighted by atomic mass is 9.91. The van der Waals surface area contributed by atoms with E-state index < -0.39 is 17.7 Å². The molecule has 1 atom stereocenters. The summed E-state index contributed by atoms with van der Waals surface area (Å²) in [6, 6.07) is 7.59. The third-order valence-electron chi connectivity index (χ3n) is 6.07. The quantitative estimate of drug-likeness (QED) is 0.290. The number of ether oxygens (including phenoxy) is 2. The van der Waals surface area contributed by atoms with Crippen molar-refractivity contribution in [3.63, 3.8) is 0 Å². The number of halogens is 1. The summed E-state index contributed by atoms with van der Waals surface area (Å²) in [6.07, 6.45) is 2.09. The van der Waals surface area contributed by atoms with Crippen LogP contribution >= 0.6 is 11.6 Å². The van der Waals surface area contributed by atoms with Gasteiger partial charge in [-0.05, 0) is 64.8 Å². The van der Waals surface area contributed by atoms with E-state index >= 15 is 0 Å². The zero-order valence-electron chi connectivity index (χ0n) is 21.1. The van der Waals surface area contributed by atoms with Crippen molar-refractivity contribution in [2.24, 2.45) is 0 Å². The fourth-order valence-electron chi connectivity index (χ4n) is 4.39. The number of oxazole rings is 1. The van der Waals surface area contributed by atoms with Crippen LogP contribution in [0.5, 0.6) is 0 Å². The van der Waals surface area contributed by atoms with Crippen molar-refractivity contribution in [2.75, 3.05) is 7.11 Å². The normalized spacial score (nSPS) is 12.8. The first-order valence-electron chi connectivity index (χ1n) is 11.4. The number of rotatable bonds is 6. The van der Waals surface area contributed by atoms with Crippen molar-refractivity contribution in [3.8, 4) is 11.1 Å². The molecule has 0 aliphatic carbocycles. The number of pyridine rings is 1. The number of aromatic nitrogens is 3. The van der Waals surface area contributed by atoms with Crippen LogP contribution in [0.4, 0.5) is 0 Å². The molecule has 0 fully saturated rings. The number of benzene rings is 1. The van der Waals surface area contributed by atoms with Crippen LogP contribution in [-0.2, 0) is 20.8 Å². The molecule has 0 radical (unpaired) electrons. The number of carbonyl (C=O) groups excluding carboxylic acids is 1. The van der Waals surface area contributed by atoms with Crippen LogP contribution in [0.15, 0.2) is 41.3 Å². The van der Waals surface area contributed by atoms with Gasteiger partial charge in [-0.25, -0.2) is 14.8 Å². The maximum absolute atomic E-state index is 13.1. The van der Waals surface area contributed by atoms with E-state index in [1.165, 1.54) is 13.5 Å². The van der Waals surface area contributed by atoms with Crippen LogP contribution in [0.1, 0.15) is 55.1 Å². The molecular formula is C27H30ClN3O4. The summed E-state index contributed by atoms with van der Waals surface area (Å²) in [6.45, 7) is 12.3. The zero-order chi connectivity index (χ0) is 25.5. The molecule has 0 N–H and O–H groups in total. The summed E-state index contributed by atoms with van der Waals surface area (Å²) in [5.41, 5.74) is 6.26. The van der Waals surface area contributed by atoms with E-state index in [0.717, 1.165) is 39.1 Å². The van der Waals surface area contributed by atoms with Crippen LogP contribution < -0.4 is 0 Å². The van der Waals surface area contributed by atoms with Gasteiger partial charge in [-0.3, -0.25) is 0 Å². The molecule has 0 aliphatic rings. The van der Waals surface area contributed by atoms with Crippen molar-refractivity contribution < 1.29 is 18.7 Å². The molecule has 3 heterocycles. The summed E-state index contributed by atoms with van der Waals surface area (Å²) >= 11 is 6.22. The molecule has 35 heavy (non-hydrogen) atoms. The number of carbonyl (C=O) groups is 1. The smallest absolute Gasteiger partial charge is 0.339 e. The third kappa shape index (κ3) is 4.83. The average Bonchev–Trinajstić information content (AvgIpc) is 3.39. The minimum absolute atomic E-state index is 0.476. The Morgan fingerprint density at radius 3 is 2.43 bits per heavy atom. The van der Waals surface area contributed by atoms with E-state index in [0.29, 0.717) is 22.8 Å². The minimum Gasteiger partial charge on any atom is -0.467 e. The van der Waals surface area contributed by atoms with Crippen LogP contribution in [0.3, 0.4) is 0 Å². The van der Waals surface area contributed by atoms with Crippen LogP contribution in [-0.4, -0.2) is 33.2 Å². The van der Waals surface area contributed by atoms with Gasteiger partial charge in [-0.1, -0.05) is 23.7 Å². The summed E-state index contributed by atoms with van der Waals surface area (Å²) in [5.74, 6) is -0.476. The summed E-state index contributed by atoms with van der Waals surface area (Å²) in [5, 5.41) is 1.57. The molecule has 8 heteroatoms. The fourth-order valence-corrected chi connectivity index (χ4v) is 4.51. The molecule has 1 aromatic carbocycles. The van der Waals surface area contributed by atoms with Crippen LogP contribution in [0, 0.1) is 20.8 Å². The molecule has 0 amide bonds. The van der Waals surface area contributed by atoms with Gasteiger partial charge in [0.1, 0.15) is 11.9 Å². The van der Waals surface area contributed by atoms with E-state index in [9.17, 15) is 4.79 Å². The maximum atomic E-state index is 13.1. The van der Waals surface area contributed by atoms with Gasteiger partial charge in [-0.2, -0.15) is 0 Å². The first-order valence-corrected chi connectivity index (χ1v) is 11.8. The number of aryl methyl sites for hydroxylation is 2. The van der Waals surface area contributed by atoms with Gasteiger partial charge in [0.15, 0.2) is 12.5 Å². The Bertz CT molecular complexity index is 1370. The summed E-state index contributed by atoms with van der Waals surface area (Å²) in [7, 11) is 1.37. The standard InChI is InChI=1S/C27H30ClN3O4/c1-15-17(3)31(12-20-13-34-14-29-20)25-21(15)23(18-8-10-19(28)11-9-18)22(16(2)30-25)24(26(32)33-7)35-27(4,5)6/h8-11,13-14,24H,12H2,1-7H3/t24-/m0/s1. The minimum atomic E-state index is -0.957. The zero-order valence-corrected chi connectivity index (χ0v) is 21.9. The SMILES string of the molecule is COC(=O)[C@@H](OC(C)(C)C)c1c(C)nc2c(c(C)c(C)n2Cc2cocn2)c1-c1ccc(Cl)cc1. The summed E-state index contributed by atoms with van der Waals surface area (Å²) < 4.78 is 18.8. The highest BCUT2D eigenvalue weighted by Crippen LogP contribution is 2.42. The molecule has 0 spiro atoms. The highest BCUT2D eigenvalue weighted by atomic mass is 35.5. The average molecular weight is 496 g/mol. The van der Waals surface area contributed by atoms with E-state index in [-0.39, 0.29) is 0 Å². The summed E-state index contributed by atoms with van der Waals surface area (Å²) in [4.78, 5) is 22.4. The van der Waals surface area contributed by atoms with Gasteiger partial charge in [0.2, 0.25) is 0 Å². The van der Waals surface area contributed by atoms with Gasteiger partial charge >= 0.3 is 5.97 Å². The van der Waals surface area contributed by atoms with Gasteiger partial charge in [0.05, 0.1) is 24.9 Å². The lowest BCUT2D eigenvalue weighted by molar-refractivity contribution is -0.164. The van der Waals surface area contributed by atoms with Crippen molar-refractivity contribution in [3.05, 3.63) is 70.2 Å². The van der Waals surface area contributed by atoms with Crippen molar-refractivity contribution in [1.29, 1.82) is 0 Å². The Morgan fingerprint density at radius 2 is 1.86 bits per heavy atom. The first-order chi connectivity index (χ1) is 16.5. The molecule has 0 saturated carbocycles. The third-order valence-corrected chi connectivity index (χ3v) is 6.32. The molecule has 184 valence electrons. The molecule has 0 bridgehead atoms. The Labute approximate surface area is 210 Å². The molecule has 0 aliphatic heterocycles. The predicted molar refractivity (Wildman–Crippen MR) is 136 cm³/mol. The van der Waals surface area contributed by atoms with Gasteiger partial charge < -0.3 is 18.5 Å². The number of nitrogens with zero attached hydrogens (tertiary/aromatic N) is 3. The number of hydrogen-bond acceptors (Lipinski definition) is 6. The van der Waals surface area contributed by atoms with Crippen molar-refractivity contribution in [2.45, 2.75) is 59.8 Å². The monoisotopic (exact) mass is 495 g/mol. The number of fused-ring (bicyclic) bond motifs is 1. The number of esters is 1. The topological polar surface area (TPSA) is 79.4 Å². The molecular weight excluding hydrogens is 466 g/mol. The van der Waals surface area contributed by atoms with E-state index in [1.807, 2.05) is 52.0 Å². The van der Waals surface area contributed by atoms with E-state index in [1.54, 1.807) is 6.26 Å². The Morgan fingerprint density at radius 1 is 1.17 bits per heavy atom. The molecule has 0 unspecified atom stereocenters. The number of hydrogen-bond donors (Lipinski definition) is 0. The maximum Gasteiger partial charge on any atom is 0.339 e.